The highest BCUT2D eigenvalue weighted by Crippen LogP contribution is 2.20. The van der Waals surface area contributed by atoms with Crippen molar-refractivity contribution in [1.82, 2.24) is 0 Å². The zero-order valence-corrected chi connectivity index (χ0v) is 8.60. The van der Waals surface area contributed by atoms with Gasteiger partial charge in [-0.2, -0.15) is 0 Å². The topological polar surface area (TPSA) is 9.23 Å². The SMILES string of the molecule is C1CC[N+]2(C1)CCOCC2.F[B-](F)(F)F. The van der Waals surface area contributed by atoms with Gasteiger partial charge in [-0.05, 0) is 0 Å². The van der Waals surface area contributed by atoms with Gasteiger partial charge in [0, 0.05) is 12.8 Å². The number of nitrogens with zero attached hydrogens (tertiary/aromatic N) is 1. The largest absolute Gasteiger partial charge is 0.673 e. The van der Waals surface area contributed by atoms with E-state index in [1.54, 1.807) is 0 Å². The van der Waals surface area contributed by atoms with Gasteiger partial charge in [0.15, 0.2) is 0 Å². The van der Waals surface area contributed by atoms with Gasteiger partial charge in [-0.25, -0.2) is 0 Å². The average Bonchev–Trinajstić information content (AvgIpc) is 2.52. The number of quaternary nitrogens is 1. The molecule has 2 aliphatic rings. The Kier molecular flexibility index (Phi) is 4.39. The number of hydrogen-bond donors (Lipinski definition) is 0. The van der Waals surface area contributed by atoms with Gasteiger partial charge < -0.3 is 26.5 Å². The van der Waals surface area contributed by atoms with Gasteiger partial charge in [-0.1, -0.05) is 0 Å². The second kappa shape index (κ2) is 5.16. The van der Waals surface area contributed by atoms with E-state index in [0.717, 1.165) is 13.2 Å². The van der Waals surface area contributed by atoms with Crippen molar-refractivity contribution in [3.8, 4) is 0 Å². The van der Waals surface area contributed by atoms with Crippen molar-refractivity contribution in [2.75, 3.05) is 39.4 Å². The highest BCUT2D eigenvalue weighted by atomic mass is 19.5. The number of rotatable bonds is 0. The van der Waals surface area contributed by atoms with Crippen LogP contribution in [0, 0.1) is 0 Å². The normalized spacial score (nSPS) is 24.8. The average molecular weight is 229 g/mol. The summed E-state index contributed by atoms with van der Waals surface area (Å²) < 4.78 is 45.7. The summed E-state index contributed by atoms with van der Waals surface area (Å²) in [6, 6.07) is 0. The Hall–Kier alpha value is -0.295. The minimum atomic E-state index is -6.00. The van der Waals surface area contributed by atoms with Crippen LogP contribution in [0.25, 0.3) is 0 Å². The molecule has 0 aromatic rings. The number of halogens is 4. The fourth-order valence-electron chi connectivity index (χ4n) is 2.18. The molecule has 0 saturated carbocycles. The molecule has 0 unspecified atom stereocenters. The zero-order valence-electron chi connectivity index (χ0n) is 8.60. The molecule has 2 heterocycles. The van der Waals surface area contributed by atoms with Crippen LogP contribution in [-0.4, -0.2) is 51.1 Å². The fourth-order valence-corrected chi connectivity index (χ4v) is 2.18. The maximum atomic E-state index is 9.75. The first kappa shape index (κ1) is 12.8. The van der Waals surface area contributed by atoms with Crippen LogP contribution < -0.4 is 0 Å². The minimum Gasteiger partial charge on any atom is -0.418 e. The molecular weight excluding hydrogens is 213 g/mol. The molecule has 0 atom stereocenters. The highest BCUT2D eigenvalue weighted by molar-refractivity contribution is 6.50. The Balaban J connectivity index is 0.000000195. The Morgan fingerprint density at radius 1 is 0.800 bits per heavy atom. The van der Waals surface area contributed by atoms with Crippen molar-refractivity contribution in [3.05, 3.63) is 0 Å². The van der Waals surface area contributed by atoms with Crippen molar-refractivity contribution in [2.45, 2.75) is 12.8 Å². The van der Waals surface area contributed by atoms with E-state index in [0.29, 0.717) is 0 Å². The third-order valence-corrected chi connectivity index (χ3v) is 2.93. The third kappa shape index (κ3) is 5.37. The summed E-state index contributed by atoms with van der Waals surface area (Å²) in [4.78, 5) is 0. The van der Waals surface area contributed by atoms with Crippen molar-refractivity contribution >= 4 is 7.25 Å². The second-order valence-electron chi connectivity index (χ2n) is 4.05. The molecule has 2 nitrogen and oxygen atoms in total. The summed E-state index contributed by atoms with van der Waals surface area (Å²) in [7, 11) is -6.00. The molecule has 0 aromatic heterocycles. The predicted molar refractivity (Wildman–Crippen MR) is 50.0 cm³/mol. The lowest BCUT2D eigenvalue weighted by Crippen LogP contribution is -2.52. The molecule has 0 bridgehead atoms. The van der Waals surface area contributed by atoms with Gasteiger partial charge in [0.05, 0.1) is 26.3 Å². The monoisotopic (exact) mass is 229 g/mol. The summed E-state index contributed by atoms with van der Waals surface area (Å²) >= 11 is 0. The second-order valence-corrected chi connectivity index (χ2v) is 4.05. The Morgan fingerprint density at radius 2 is 1.20 bits per heavy atom. The zero-order chi connectivity index (χ0) is 11.4. The first-order valence-corrected chi connectivity index (χ1v) is 5.22. The van der Waals surface area contributed by atoms with Gasteiger partial charge >= 0.3 is 7.25 Å². The van der Waals surface area contributed by atoms with Crippen LogP contribution in [0.5, 0.6) is 0 Å². The van der Waals surface area contributed by atoms with Gasteiger partial charge in [0.2, 0.25) is 0 Å². The molecule has 2 rings (SSSR count). The summed E-state index contributed by atoms with van der Waals surface area (Å²) in [6.07, 6.45) is 2.89. The van der Waals surface area contributed by atoms with Crippen LogP contribution in [0.2, 0.25) is 0 Å². The molecule has 2 aliphatic heterocycles. The van der Waals surface area contributed by atoms with Crippen LogP contribution in [0.3, 0.4) is 0 Å². The fraction of sp³-hybridized carbons (Fsp3) is 1.00. The van der Waals surface area contributed by atoms with E-state index >= 15 is 0 Å². The smallest absolute Gasteiger partial charge is 0.418 e. The maximum Gasteiger partial charge on any atom is 0.673 e. The first-order chi connectivity index (χ1) is 6.91. The summed E-state index contributed by atoms with van der Waals surface area (Å²) in [5.41, 5.74) is 0. The standard InChI is InChI=1S/C8H16NO.BF4/c1-2-4-9(3-1)5-7-10-8-6-9;2-1(3,4)5/h1-8H2;/q+1;-1. The summed E-state index contributed by atoms with van der Waals surface area (Å²) in [5, 5.41) is 0. The lowest BCUT2D eigenvalue weighted by molar-refractivity contribution is -0.923. The van der Waals surface area contributed by atoms with Gasteiger partial charge in [-0.3, -0.25) is 0 Å². The number of hydrogen-bond acceptors (Lipinski definition) is 1. The molecule has 2 saturated heterocycles. The summed E-state index contributed by atoms with van der Waals surface area (Å²) in [6.45, 7) is 7.40. The molecular formula is C8H16BF4NO. The molecule has 0 aromatic carbocycles. The molecule has 0 amide bonds. The van der Waals surface area contributed by atoms with Crippen LogP contribution in [-0.2, 0) is 4.74 Å². The Morgan fingerprint density at radius 3 is 1.60 bits per heavy atom. The molecule has 2 fully saturated rings. The molecule has 90 valence electrons. The van der Waals surface area contributed by atoms with E-state index in [-0.39, 0.29) is 0 Å². The molecule has 1 spiro atoms. The Bertz CT molecular complexity index is 180. The van der Waals surface area contributed by atoms with E-state index in [1.807, 2.05) is 0 Å². The van der Waals surface area contributed by atoms with E-state index in [4.69, 9.17) is 4.74 Å². The van der Waals surface area contributed by atoms with Crippen LogP contribution in [0.4, 0.5) is 17.3 Å². The van der Waals surface area contributed by atoms with Crippen LogP contribution in [0.15, 0.2) is 0 Å². The quantitative estimate of drug-likeness (QED) is 0.350. The molecule has 0 N–H and O–H groups in total. The van der Waals surface area contributed by atoms with E-state index in [1.165, 1.54) is 43.5 Å². The molecule has 0 radical (unpaired) electrons. The van der Waals surface area contributed by atoms with Crippen molar-refractivity contribution < 1.29 is 26.5 Å². The lowest BCUT2D eigenvalue weighted by atomic mass is 10.3. The van der Waals surface area contributed by atoms with Crippen molar-refractivity contribution in [2.24, 2.45) is 0 Å². The van der Waals surface area contributed by atoms with E-state index in [9.17, 15) is 17.3 Å². The predicted octanol–water partition coefficient (Wildman–Crippen LogP) is 1.93. The molecule has 15 heavy (non-hydrogen) atoms. The highest BCUT2D eigenvalue weighted by Gasteiger charge is 2.33. The lowest BCUT2D eigenvalue weighted by Gasteiger charge is -2.37. The third-order valence-electron chi connectivity index (χ3n) is 2.93. The Labute approximate surface area is 86.9 Å². The van der Waals surface area contributed by atoms with Crippen molar-refractivity contribution in [1.29, 1.82) is 0 Å². The first-order valence-electron chi connectivity index (χ1n) is 5.22. The van der Waals surface area contributed by atoms with Gasteiger partial charge in [0.25, 0.3) is 0 Å². The number of ether oxygens (including phenoxy) is 1. The van der Waals surface area contributed by atoms with E-state index in [2.05, 4.69) is 0 Å². The van der Waals surface area contributed by atoms with Gasteiger partial charge in [-0.15, -0.1) is 0 Å². The summed E-state index contributed by atoms with van der Waals surface area (Å²) in [5.74, 6) is 0. The molecule has 0 aliphatic carbocycles. The van der Waals surface area contributed by atoms with Gasteiger partial charge in [0.1, 0.15) is 13.1 Å². The maximum absolute atomic E-state index is 9.75. The van der Waals surface area contributed by atoms with Crippen molar-refractivity contribution in [3.63, 3.8) is 0 Å². The minimum absolute atomic E-state index is 1.00. The van der Waals surface area contributed by atoms with Crippen LogP contribution in [0.1, 0.15) is 12.8 Å². The number of morpholine rings is 1. The van der Waals surface area contributed by atoms with E-state index < -0.39 is 7.25 Å². The molecule has 7 heteroatoms. The van der Waals surface area contributed by atoms with Crippen LogP contribution >= 0.6 is 0 Å².